The Bertz CT molecular complexity index is 285. The van der Waals surface area contributed by atoms with E-state index in [1.807, 2.05) is 0 Å². The first-order valence-electron chi connectivity index (χ1n) is 7.77. The number of ketones is 1. The van der Waals surface area contributed by atoms with Crippen LogP contribution in [0, 0.1) is 17.8 Å². The SMILES string of the molecule is O=CCCCCC(=O)C1CCC2CCCCC2C1. The van der Waals surface area contributed by atoms with Crippen molar-refractivity contribution in [1.29, 1.82) is 0 Å². The zero-order chi connectivity index (χ0) is 12.8. The number of rotatable bonds is 6. The summed E-state index contributed by atoms with van der Waals surface area (Å²) in [5, 5.41) is 0. The summed E-state index contributed by atoms with van der Waals surface area (Å²) in [6.45, 7) is 0. The lowest BCUT2D eigenvalue weighted by Crippen LogP contribution is -2.31. The number of aldehydes is 1. The summed E-state index contributed by atoms with van der Waals surface area (Å²) in [7, 11) is 0. The Kier molecular flexibility index (Phi) is 5.40. The van der Waals surface area contributed by atoms with Gasteiger partial charge in [-0.2, -0.15) is 0 Å². The fourth-order valence-corrected chi connectivity index (χ4v) is 3.90. The number of fused-ring (bicyclic) bond motifs is 1. The Hall–Kier alpha value is -0.660. The van der Waals surface area contributed by atoms with Gasteiger partial charge in [-0.1, -0.05) is 25.7 Å². The molecule has 0 heterocycles. The zero-order valence-corrected chi connectivity index (χ0v) is 11.4. The lowest BCUT2D eigenvalue weighted by molar-refractivity contribution is -0.125. The van der Waals surface area contributed by atoms with E-state index in [4.69, 9.17) is 0 Å². The van der Waals surface area contributed by atoms with E-state index in [0.717, 1.165) is 43.8 Å². The summed E-state index contributed by atoms with van der Waals surface area (Å²) in [6.07, 6.45) is 13.2. The van der Waals surface area contributed by atoms with Gasteiger partial charge >= 0.3 is 0 Å². The number of Topliss-reactive ketones (excluding diaryl/α,β-unsaturated/α-hetero) is 1. The van der Waals surface area contributed by atoms with Crippen molar-refractivity contribution in [2.45, 2.75) is 70.6 Å². The van der Waals surface area contributed by atoms with Gasteiger partial charge in [0, 0.05) is 18.8 Å². The van der Waals surface area contributed by atoms with Crippen LogP contribution in [0.3, 0.4) is 0 Å². The Morgan fingerprint density at radius 1 is 1.00 bits per heavy atom. The van der Waals surface area contributed by atoms with Gasteiger partial charge in [-0.15, -0.1) is 0 Å². The van der Waals surface area contributed by atoms with Crippen molar-refractivity contribution in [2.75, 3.05) is 0 Å². The van der Waals surface area contributed by atoms with Gasteiger partial charge in [0.15, 0.2) is 0 Å². The van der Waals surface area contributed by atoms with E-state index >= 15 is 0 Å². The lowest BCUT2D eigenvalue weighted by atomic mass is 9.66. The lowest BCUT2D eigenvalue weighted by Gasteiger charge is -2.38. The topological polar surface area (TPSA) is 34.1 Å². The monoisotopic (exact) mass is 250 g/mol. The van der Waals surface area contributed by atoms with E-state index in [2.05, 4.69) is 0 Å². The average molecular weight is 250 g/mol. The van der Waals surface area contributed by atoms with E-state index in [0.29, 0.717) is 24.5 Å². The molecule has 3 atom stereocenters. The van der Waals surface area contributed by atoms with Crippen LogP contribution in [0.2, 0.25) is 0 Å². The summed E-state index contributed by atoms with van der Waals surface area (Å²) in [4.78, 5) is 22.4. The quantitative estimate of drug-likeness (QED) is 0.529. The average Bonchev–Trinajstić information content (AvgIpc) is 2.43. The van der Waals surface area contributed by atoms with Crippen molar-refractivity contribution in [3.05, 3.63) is 0 Å². The van der Waals surface area contributed by atoms with E-state index < -0.39 is 0 Å². The minimum Gasteiger partial charge on any atom is -0.303 e. The predicted molar refractivity (Wildman–Crippen MR) is 72.3 cm³/mol. The van der Waals surface area contributed by atoms with Crippen molar-refractivity contribution in [2.24, 2.45) is 17.8 Å². The first kappa shape index (κ1) is 13.8. The van der Waals surface area contributed by atoms with E-state index in [1.165, 1.54) is 32.1 Å². The summed E-state index contributed by atoms with van der Waals surface area (Å²) in [6, 6.07) is 0. The molecule has 0 aromatic heterocycles. The van der Waals surface area contributed by atoms with Crippen LogP contribution in [-0.4, -0.2) is 12.1 Å². The van der Waals surface area contributed by atoms with Crippen LogP contribution < -0.4 is 0 Å². The Morgan fingerprint density at radius 3 is 2.56 bits per heavy atom. The molecule has 0 spiro atoms. The molecule has 18 heavy (non-hydrogen) atoms. The molecule has 2 fully saturated rings. The highest BCUT2D eigenvalue weighted by molar-refractivity contribution is 5.81. The van der Waals surface area contributed by atoms with Gasteiger partial charge in [-0.3, -0.25) is 4.79 Å². The third-order valence-corrected chi connectivity index (χ3v) is 4.99. The number of hydrogen-bond donors (Lipinski definition) is 0. The standard InChI is InChI=1S/C16H26O2/c17-11-5-1-2-8-16(18)15-10-9-13-6-3-4-7-14(13)12-15/h11,13-15H,1-10,12H2. The molecule has 102 valence electrons. The number of hydrogen-bond acceptors (Lipinski definition) is 2. The van der Waals surface area contributed by atoms with Gasteiger partial charge in [0.1, 0.15) is 12.1 Å². The molecule has 0 aliphatic heterocycles. The Labute approximate surface area is 111 Å². The highest BCUT2D eigenvalue weighted by atomic mass is 16.1. The van der Waals surface area contributed by atoms with Crippen molar-refractivity contribution < 1.29 is 9.59 Å². The maximum absolute atomic E-state index is 12.1. The molecular formula is C16H26O2. The molecule has 0 amide bonds. The number of carbonyl (C=O) groups excluding carboxylic acids is 2. The van der Waals surface area contributed by atoms with Crippen LogP contribution in [0.25, 0.3) is 0 Å². The van der Waals surface area contributed by atoms with E-state index in [1.54, 1.807) is 0 Å². The van der Waals surface area contributed by atoms with E-state index in [-0.39, 0.29) is 0 Å². The minimum atomic E-state index is 0.348. The van der Waals surface area contributed by atoms with Crippen LogP contribution >= 0.6 is 0 Å². The summed E-state index contributed by atoms with van der Waals surface area (Å²) in [5.41, 5.74) is 0. The van der Waals surface area contributed by atoms with Gasteiger partial charge < -0.3 is 4.79 Å². The zero-order valence-electron chi connectivity index (χ0n) is 11.4. The number of carbonyl (C=O) groups is 2. The molecule has 2 rings (SSSR count). The van der Waals surface area contributed by atoms with Crippen LogP contribution in [0.5, 0.6) is 0 Å². The highest BCUT2D eigenvalue weighted by Crippen LogP contribution is 2.43. The van der Waals surface area contributed by atoms with Crippen LogP contribution in [0.15, 0.2) is 0 Å². The smallest absolute Gasteiger partial charge is 0.135 e. The molecule has 3 unspecified atom stereocenters. The molecule has 0 aromatic rings. The molecular weight excluding hydrogens is 224 g/mol. The molecule has 0 saturated heterocycles. The molecule has 2 heteroatoms. The molecule has 2 saturated carbocycles. The molecule has 0 aromatic carbocycles. The molecule has 0 bridgehead atoms. The first-order valence-corrected chi connectivity index (χ1v) is 7.77. The number of unbranched alkanes of at least 4 members (excludes halogenated alkanes) is 2. The van der Waals surface area contributed by atoms with E-state index in [9.17, 15) is 9.59 Å². The first-order chi connectivity index (χ1) is 8.81. The summed E-state index contributed by atoms with van der Waals surface area (Å²) < 4.78 is 0. The van der Waals surface area contributed by atoms with Gasteiger partial charge in [-0.25, -0.2) is 0 Å². The maximum Gasteiger partial charge on any atom is 0.135 e. The molecule has 2 aliphatic rings. The second kappa shape index (κ2) is 7.06. The van der Waals surface area contributed by atoms with Gasteiger partial charge in [-0.05, 0) is 43.9 Å². The fourth-order valence-electron chi connectivity index (χ4n) is 3.90. The normalized spacial score (nSPS) is 31.7. The molecule has 2 aliphatic carbocycles. The largest absolute Gasteiger partial charge is 0.303 e. The molecule has 2 nitrogen and oxygen atoms in total. The Morgan fingerprint density at radius 2 is 1.78 bits per heavy atom. The third kappa shape index (κ3) is 3.66. The summed E-state index contributed by atoms with van der Waals surface area (Å²) in [5.74, 6) is 2.60. The van der Waals surface area contributed by atoms with Crippen molar-refractivity contribution >= 4 is 12.1 Å². The van der Waals surface area contributed by atoms with Crippen molar-refractivity contribution in [1.82, 2.24) is 0 Å². The maximum atomic E-state index is 12.1. The van der Waals surface area contributed by atoms with Gasteiger partial charge in [0.25, 0.3) is 0 Å². The molecule has 0 radical (unpaired) electrons. The Balaban J connectivity index is 1.72. The second-order valence-corrected chi connectivity index (χ2v) is 6.19. The van der Waals surface area contributed by atoms with Crippen LogP contribution in [0.4, 0.5) is 0 Å². The highest BCUT2D eigenvalue weighted by Gasteiger charge is 2.34. The minimum absolute atomic E-state index is 0.348. The van der Waals surface area contributed by atoms with Gasteiger partial charge in [0.05, 0.1) is 0 Å². The predicted octanol–water partition coefficient (Wildman–Crippen LogP) is 3.92. The van der Waals surface area contributed by atoms with Crippen molar-refractivity contribution in [3.63, 3.8) is 0 Å². The van der Waals surface area contributed by atoms with Crippen LogP contribution in [-0.2, 0) is 9.59 Å². The molecule has 0 N–H and O–H groups in total. The van der Waals surface area contributed by atoms with Crippen LogP contribution in [0.1, 0.15) is 70.6 Å². The summed E-state index contributed by atoms with van der Waals surface area (Å²) >= 11 is 0. The second-order valence-electron chi connectivity index (χ2n) is 6.19. The fraction of sp³-hybridized carbons (Fsp3) is 0.875. The third-order valence-electron chi connectivity index (χ3n) is 4.99. The van der Waals surface area contributed by atoms with Gasteiger partial charge in [0.2, 0.25) is 0 Å². The van der Waals surface area contributed by atoms with Crippen molar-refractivity contribution in [3.8, 4) is 0 Å².